The van der Waals surface area contributed by atoms with Gasteiger partial charge in [-0.2, -0.15) is 0 Å². The summed E-state index contributed by atoms with van der Waals surface area (Å²) in [7, 11) is 0. The van der Waals surface area contributed by atoms with Crippen molar-refractivity contribution in [1.29, 1.82) is 0 Å². The molecule has 44 heavy (non-hydrogen) atoms. The van der Waals surface area contributed by atoms with Crippen molar-refractivity contribution in [2.75, 3.05) is 0 Å². The first kappa shape index (κ1) is 25.8. The van der Waals surface area contributed by atoms with E-state index in [9.17, 15) is 0 Å². The number of rotatable bonds is 5. The molecule has 0 radical (unpaired) electrons. The van der Waals surface area contributed by atoms with Crippen LogP contribution in [-0.2, 0) is 0 Å². The summed E-state index contributed by atoms with van der Waals surface area (Å²) in [5.41, 5.74) is 11.3. The molecular weight excluding hydrogens is 534 g/mol. The Labute approximate surface area is 256 Å². The van der Waals surface area contributed by atoms with Crippen molar-refractivity contribution in [3.05, 3.63) is 164 Å². The first-order valence-corrected chi connectivity index (χ1v) is 14.8. The molecule has 2 aromatic heterocycles. The molecule has 0 atom stereocenters. The number of hydrogen-bond acceptors (Lipinski definition) is 3. The number of fused-ring (bicyclic) bond motifs is 3. The van der Waals surface area contributed by atoms with E-state index in [-0.39, 0.29) is 0 Å². The molecule has 0 saturated carbocycles. The highest BCUT2D eigenvalue weighted by molar-refractivity contribution is 6.08. The van der Waals surface area contributed by atoms with Gasteiger partial charge in [0.2, 0.25) is 0 Å². The molecule has 0 aliphatic rings. The first-order valence-electron chi connectivity index (χ1n) is 14.8. The zero-order valence-electron chi connectivity index (χ0n) is 23.9. The zero-order chi connectivity index (χ0) is 29.3. The van der Waals surface area contributed by atoms with Gasteiger partial charge in [-0.25, -0.2) is 15.0 Å². The molecule has 0 amide bonds. The third-order valence-electron chi connectivity index (χ3n) is 8.05. The Morgan fingerprint density at radius 3 is 1.41 bits per heavy atom. The fourth-order valence-corrected chi connectivity index (χ4v) is 5.84. The van der Waals surface area contributed by atoms with Gasteiger partial charge in [0.1, 0.15) is 5.52 Å². The van der Waals surface area contributed by atoms with Crippen LogP contribution >= 0.6 is 0 Å². The average molecular weight is 562 g/mol. The number of aromatic nitrogens is 3. The Hall–Kier alpha value is -5.93. The predicted octanol–water partition coefficient (Wildman–Crippen LogP) is 10.5. The minimum atomic E-state index is 0.689. The maximum atomic E-state index is 5.32. The van der Waals surface area contributed by atoms with Gasteiger partial charge in [-0.3, -0.25) is 0 Å². The van der Waals surface area contributed by atoms with Gasteiger partial charge in [0.15, 0.2) is 5.82 Å². The van der Waals surface area contributed by atoms with Crippen LogP contribution in [0, 0.1) is 0 Å². The van der Waals surface area contributed by atoms with E-state index in [1.54, 1.807) is 0 Å². The molecule has 0 aliphatic carbocycles. The second-order valence-electron chi connectivity index (χ2n) is 10.9. The average Bonchev–Trinajstić information content (AvgIpc) is 3.12. The monoisotopic (exact) mass is 561 g/mol. The quantitative estimate of drug-likeness (QED) is 0.196. The van der Waals surface area contributed by atoms with Crippen LogP contribution in [0.5, 0.6) is 0 Å². The van der Waals surface area contributed by atoms with Gasteiger partial charge in [0.05, 0.1) is 16.9 Å². The van der Waals surface area contributed by atoms with Crippen molar-refractivity contribution in [3.63, 3.8) is 0 Å². The number of hydrogen-bond donors (Lipinski definition) is 0. The van der Waals surface area contributed by atoms with Crippen LogP contribution in [0.2, 0.25) is 0 Å². The van der Waals surface area contributed by atoms with Gasteiger partial charge in [-0.05, 0) is 52.6 Å². The summed E-state index contributed by atoms with van der Waals surface area (Å²) in [6.45, 7) is 0. The third-order valence-corrected chi connectivity index (χ3v) is 8.05. The second kappa shape index (κ2) is 11.0. The van der Waals surface area contributed by atoms with E-state index in [1.807, 2.05) is 36.4 Å². The van der Waals surface area contributed by atoms with Crippen molar-refractivity contribution in [2.45, 2.75) is 0 Å². The van der Waals surface area contributed by atoms with Gasteiger partial charge in [-0.15, -0.1) is 0 Å². The molecule has 0 fully saturated rings. The maximum Gasteiger partial charge on any atom is 0.160 e. The van der Waals surface area contributed by atoms with Crippen LogP contribution in [0.3, 0.4) is 0 Å². The lowest BCUT2D eigenvalue weighted by Crippen LogP contribution is -1.97. The lowest BCUT2D eigenvalue weighted by Gasteiger charge is -2.13. The largest absolute Gasteiger partial charge is 0.245 e. The Kier molecular flexibility index (Phi) is 6.47. The van der Waals surface area contributed by atoms with Crippen LogP contribution in [0.1, 0.15) is 0 Å². The maximum absolute atomic E-state index is 5.32. The molecule has 3 heteroatoms. The van der Waals surface area contributed by atoms with Crippen molar-refractivity contribution >= 4 is 21.8 Å². The predicted molar refractivity (Wildman–Crippen MR) is 182 cm³/mol. The molecule has 0 spiro atoms. The smallest absolute Gasteiger partial charge is 0.160 e. The summed E-state index contributed by atoms with van der Waals surface area (Å²) < 4.78 is 0. The minimum absolute atomic E-state index is 0.689. The van der Waals surface area contributed by atoms with E-state index in [1.165, 1.54) is 11.1 Å². The van der Waals surface area contributed by atoms with Crippen molar-refractivity contribution in [3.8, 4) is 56.2 Å². The highest BCUT2D eigenvalue weighted by atomic mass is 14.9. The lowest BCUT2D eigenvalue weighted by atomic mass is 9.94. The Morgan fingerprint density at radius 1 is 0.318 bits per heavy atom. The minimum Gasteiger partial charge on any atom is -0.245 e. The highest BCUT2D eigenvalue weighted by Gasteiger charge is 2.16. The molecule has 0 saturated heterocycles. The van der Waals surface area contributed by atoms with Crippen molar-refractivity contribution in [1.82, 2.24) is 15.0 Å². The fraction of sp³-hybridized carbons (Fsp3) is 0. The van der Waals surface area contributed by atoms with Gasteiger partial charge >= 0.3 is 0 Å². The summed E-state index contributed by atoms with van der Waals surface area (Å²) in [5, 5.41) is 2.02. The Balaban J connectivity index is 1.38. The van der Waals surface area contributed by atoms with Gasteiger partial charge in [-0.1, -0.05) is 133 Å². The van der Waals surface area contributed by atoms with E-state index in [0.717, 1.165) is 61.0 Å². The zero-order valence-corrected chi connectivity index (χ0v) is 23.9. The van der Waals surface area contributed by atoms with Gasteiger partial charge in [0.25, 0.3) is 0 Å². The SMILES string of the molecule is c1ccc(-c2cc(-c3ccccc3)cc(-c3ccc4ccc5c(-c6ccccc6)nc(-c6ccccc6)nc5c4n3)c2)cc1. The van der Waals surface area contributed by atoms with E-state index >= 15 is 0 Å². The van der Waals surface area contributed by atoms with Gasteiger partial charge < -0.3 is 0 Å². The lowest BCUT2D eigenvalue weighted by molar-refractivity contribution is 1.23. The van der Waals surface area contributed by atoms with Crippen LogP contribution in [0.25, 0.3) is 78.0 Å². The molecule has 0 unspecified atom stereocenters. The normalized spacial score (nSPS) is 11.2. The number of benzene rings is 6. The molecule has 2 heterocycles. The molecule has 0 N–H and O–H groups in total. The second-order valence-corrected chi connectivity index (χ2v) is 10.9. The van der Waals surface area contributed by atoms with Crippen LogP contribution in [0.15, 0.2) is 164 Å². The van der Waals surface area contributed by atoms with Crippen molar-refractivity contribution in [2.24, 2.45) is 0 Å². The summed E-state index contributed by atoms with van der Waals surface area (Å²) >= 11 is 0. The molecule has 8 rings (SSSR count). The summed E-state index contributed by atoms with van der Waals surface area (Å²) in [6.07, 6.45) is 0. The molecule has 0 aliphatic heterocycles. The standard InChI is InChI=1S/C41H27N3/c1-5-13-28(14-6-1)33-25-34(29-15-7-2-8-16-29)27-35(26-33)37-24-22-31-21-23-36-38(30-17-9-3-10-18-30)43-41(32-19-11-4-12-20-32)44-40(36)39(31)42-37/h1-27H. The number of pyridine rings is 1. The molecule has 8 aromatic rings. The molecule has 3 nitrogen and oxygen atoms in total. The molecule has 6 aromatic carbocycles. The van der Waals surface area contributed by atoms with E-state index in [0.29, 0.717) is 5.82 Å². The topological polar surface area (TPSA) is 38.7 Å². The Bertz CT molecular complexity index is 2190. The number of nitrogens with zero attached hydrogens (tertiary/aromatic N) is 3. The summed E-state index contributed by atoms with van der Waals surface area (Å²) in [6, 6.07) is 56.8. The van der Waals surface area contributed by atoms with Crippen LogP contribution in [0.4, 0.5) is 0 Å². The van der Waals surface area contributed by atoms with Crippen molar-refractivity contribution < 1.29 is 0 Å². The summed E-state index contributed by atoms with van der Waals surface area (Å²) in [4.78, 5) is 15.6. The van der Waals surface area contributed by atoms with Gasteiger partial charge in [0, 0.05) is 27.5 Å². The fourth-order valence-electron chi connectivity index (χ4n) is 5.84. The van der Waals surface area contributed by atoms with E-state index in [2.05, 4.69) is 127 Å². The summed E-state index contributed by atoms with van der Waals surface area (Å²) in [5.74, 6) is 0.689. The highest BCUT2D eigenvalue weighted by Crippen LogP contribution is 2.36. The van der Waals surface area contributed by atoms with Crippen LogP contribution in [-0.4, -0.2) is 15.0 Å². The Morgan fingerprint density at radius 2 is 0.818 bits per heavy atom. The third kappa shape index (κ3) is 4.81. The molecule has 206 valence electrons. The van der Waals surface area contributed by atoms with E-state index in [4.69, 9.17) is 15.0 Å². The molecule has 0 bridgehead atoms. The van der Waals surface area contributed by atoms with Crippen LogP contribution < -0.4 is 0 Å². The first-order chi connectivity index (χ1) is 21.8. The molecular formula is C41H27N3. The van der Waals surface area contributed by atoms with E-state index < -0.39 is 0 Å².